The minimum atomic E-state index is -0.0289. The molecule has 1 fully saturated rings. The molecule has 2 heteroatoms. The van der Waals surface area contributed by atoms with Crippen molar-refractivity contribution in [1.82, 2.24) is 5.32 Å². The van der Waals surface area contributed by atoms with E-state index in [1.807, 2.05) is 7.11 Å². The van der Waals surface area contributed by atoms with E-state index in [-0.39, 0.29) is 5.60 Å². The summed E-state index contributed by atoms with van der Waals surface area (Å²) in [5.41, 5.74) is 1.84. The molecule has 0 aromatic heterocycles. The van der Waals surface area contributed by atoms with Crippen LogP contribution in [0.25, 0.3) is 0 Å². The summed E-state index contributed by atoms with van der Waals surface area (Å²) in [6, 6.07) is 11.6. The van der Waals surface area contributed by atoms with Gasteiger partial charge in [0, 0.05) is 18.6 Å². The first-order chi connectivity index (χ1) is 10.0. The van der Waals surface area contributed by atoms with Crippen molar-refractivity contribution >= 4 is 0 Å². The fraction of sp³-hybridized carbons (Fsp3) is 0.684. The van der Waals surface area contributed by atoms with E-state index in [0.717, 1.165) is 13.0 Å². The predicted octanol–water partition coefficient (Wildman–Crippen LogP) is 4.29. The molecule has 21 heavy (non-hydrogen) atoms. The molecule has 2 nitrogen and oxygen atoms in total. The van der Waals surface area contributed by atoms with E-state index in [2.05, 4.69) is 56.4 Å². The van der Waals surface area contributed by atoms with Gasteiger partial charge in [-0.3, -0.25) is 0 Å². The van der Waals surface area contributed by atoms with Crippen molar-refractivity contribution in [2.45, 2.75) is 69.9 Å². The lowest BCUT2D eigenvalue weighted by molar-refractivity contribution is 0.0107. The second-order valence-electron chi connectivity index (χ2n) is 7.03. The van der Waals surface area contributed by atoms with Crippen molar-refractivity contribution in [3.8, 4) is 0 Å². The highest BCUT2D eigenvalue weighted by Crippen LogP contribution is 2.52. The van der Waals surface area contributed by atoms with Gasteiger partial charge in [-0.1, -0.05) is 37.3 Å². The van der Waals surface area contributed by atoms with Gasteiger partial charge in [0.2, 0.25) is 0 Å². The Balaban J connectivity index is 2.09. The molecule has 1 aromatic rings. The van der Waals surface area contributed by atoms with E-state index in [1.54, 1.807) is 0 Å². The Morgan fingerprint density at radius 2 is 1.90 bits per heavy atom. The van der Waals surface area contributed by atoms with Crippen molar-refractivity contribution in [3.05, 3.63) is 35.9 Å². The van der Waals surface area contributed by atoms with Crippen LogP contribution in [0, 0.1) is 0 Å². The average Bonchev–Trinajstić information content (AvgIpc) is 3.30. The molecule has 118 valence electrons. The highest BCUT2D eigenvalue weighted by Gasteiger charge is 2.50. The van der Waals surface area contributed by atoms with E-state index in [1.165, 1.54) is 31.2 Å². The van der Waals surface area contributed by atoms with Crippen LogP contribution in [0.2, 0.25) is 0 Å². The van der Waals surface area contributed by atoms with Gasteiger partial charge in [-0.25, -0.2) is 0 Å². The monoisotopic (exact) mass is 289 g/mol. The zero-order valence-corrected chi connectivity index (χ0v) is 14.1. The first kappa shape index (κ1) is 16.5. The molecule has 1 unspecified atom stereocenters. The molecule has 0 saturated heterocycles. The van der Waals surface area contributed by atoms with Gasteiger partial charge >= 0.3 is 0 Å². The number of methoxy groups -OCH3 is 1. The van der Waals surface area contributed by atoms with Gasteiger partial charge in [-0.05, 0) is 58.1 Å². The second kappa shape index (κ2) is 6.93. The van der Waals surface area contributed by atoms with Crippen LogP contribution < -0.4 is 5.32 Å². The highest BCUT2D eigenvalue weighted by atomic mass is 16.5. The summed E-state index contributed by atoms with van der Waals surface area (Å²) in [4.78, 5) is 0. The van der Waals surface area contributed by atoms with Gasteiger partial charge < -0.3 is 10.1 Å². The van der Waals surface area contributed by atoms with Crippen LogP contribution in [-0.4, -0.2) is 25.3 Å². The number of rotatable bonds is 9. The third kappa shape index (κ3) is 4.08. The molecule has 1 aromatic carbocycles. The second-order valence-corrected chi connectivity index (χ2v) is 7.03. The summed E-state index contributed by atoms with van der Waals surface area (Å²) in [6.45, 7) is 7.72. The standard InChI is InChI=1S/C19H31NO/c1-5-15-20-17(11-12-18(2,3)21-4)19(13-14-19)16-9-7-6-8-10-16/h6-10,17,20H,5,11-15H2,1-4H3. The van der Waals surface area contributed by atoms with E-state index < -0.39 is 0 Å². The fourth-order valence-corrected chi connectivity index (χ4v) is 3.23. The third-order valence-electron chi connectivity index (χ3n) is 5.03. The molecule has 0 amide bonds. The SMILES string of the molecule is CCCNC(CCC(C)(C)OC)C1(c2ccccc2)CC1. The number of hydrogen-bond donors (Lipinski definition) is 1. The number of nitrogens with one attached hydrogen (secondary N) is 1. The number of benzene rings is 1. The van der Waals surface area contributed by atoms with Gasteiger partial charge in [0.15, 0.2) is 0 Å². The Hall–Kier alpha value is -0.860. The van der Waals surface area contributed by atoms with Crippen LogP contribution in [0.5, 0.6) is 0 Å². The fourth-order valence-electron chi connectivity index (χ4n) is 3.23. The largest absolute Gasteiger partial charge is 0.379 e. The maximum atomic E-state index is 5.60. The normalized spacial score (nSPS) is 18.5. The van der Waals surface area contributed by atoms with Gasteiger partial charge in [-0.2, -0.15) is 0 Å². The minimum absolute atomic E-state index is 0.0289. The van der Waals surface area contributed by atoms with Crippen LogP contribution >= 0.6 is 0 Å². The first-order valence-electron chi connectivity index (χ1n) is 8.38. The van der Waals surface area contributed by atoms with Crippen molar-refractivity contribution in [2.24, 2.45) is 0 Å². The molecule has 2 rings (SSSR count). The van der Waals surface area contributed by atoms with Crippen LogP contribution in [0.1, 0.15) is 58.4 Å². The zero-order chi connectivity index (χ0) is 15.3. The summed E-state index contributed by atoms with van der Waals surface area (Å²) >= 11 is 0. The summed E-state index contributed by atoms with van der Waals surface area (Å²) < 4.78 is 5.60. The quantitative estimate of drug-likeness (QED) is 0.732. The van der Waals surface area contributed by atoms with Gasteiger partial charge in [0.05, 0.1) is 5.60 Å². The maximum Gasteiger partial charge on any atom is 0.0623 e. The molecule has 1 N–H and O–H groups in total. The topological polar surface area (TPSA) is 21.3 Å². The maximum absolute atomic E-state index is 5.60. The van der Waals surface area contributed by atoms with E-state index in [0.29, 0.717) is 11.5 Å². The molecule has 1 saturated carbocycles. The zero-order valence-electron chi connectivity index (χ0n) is 14.1. The summed E-state index contributed by atoms with van der Waals surface area (Å²) in [5.74, 6) is 0. The molecular formula is C19H31NO. The van der Waals surface area contributed by atoms with Crippen LogP contribution in [-0.2, 0) is 10.2 Å². The van der Waals surface area contributed by atoms with Crippen molar-refractivity contribution in [2.75, 3.05) is 13.7 Å². The smallest absolute Gasteiger partial charge is 0.0623 e. The lowest BCUT2D eigenvalue weighted by atomic mass is 9.83. The van der Waals surface area contributed by atoms with Crippen LogP contribution in [0.4, 0.5) is 0 Å². The Morgan fingerprint density at radius 1 is 1.24 bits per heavy atom. The Labute approximate surface area is 130 Å². The molecular weight excluding hydrogens is 258 g/mol. The van der Waals surface area contributed by atoms with Crippen molar-refractivity contribution in [1.29, 1.82) is 0 Å². The molecule has 1 aliphatic carbocycles. The van der Waals surface area contributed by atoms with E-state index in [9.17, 15) is 0 Å². The molecule has 0 radical (unpaired) electrons. The Kier molecular flexibility index (Phi) is 5.45. The third-order valence-corrected chi connectivity index (χ3v) is 5.03. The Morgan fingerprint density at radius 3 is 2.43 bits per heavy atom. The number of ether oxygens (including phenoxy) is 1. The van der Waals surface area contributed by atoms with Crippen LogP contribution in [0.15, 0.2) is 30.3 Å². The Bertz CT molecular complexity index is 422. The number of hydrogen-bond acceptors (Lipinski definition) is 2. The predicted molar refractivity (Wildman–Crippen MR) is 89.8 cm³/mol. The summed E-state index contributed by atoms with van der Waals surface area (Å²) in [5, 5.41) is 3.81. The molecule has 0 bridgehead atoms. The molecule has 0 heterocycles. The summed E-state index contributed by atoms with van der Waals surface area (Å²) in [7, 11) is 1.82. The van der Waals surface area contributed by atoms with E-state index >= 15 is 0 Å². The molecule has 1 aliphatic rings. The summed E-state index contributed by atoms with van der Waals surface area (Å²) in [6.07, 6.45) is 6.09. The van der Waals surface area contributed by atoms with Crippen LogP contribution in [0.3, 0.4) is 0 Å². The molecule has 0 aliphatic heterocycles. The first-order valence-corrected chi connectivity index (χ1v) is 8.38. The minimum Gasteiger partial charge on any atom is -0.379 e. The van der Waals surface area contributed by atoms with Gasteiger partial charge in [0.25, 0.3) is 0 Å². The lowest BCUT2D eigenvalue weighted by Gasteiger charge is -2.32. The molecule has 1 atom stereocenters. The van der Waals surface area contributed by atoms with E-state index in [4.69, 9.17) is 4.74 Å². The van der Waals surface area contributed by atoms with Gasteiger partial charge in [0.1, 0.15) is 0 Å². The average molecular weight is 289 g/mol. The van der Waals surface area contributed by atoms with Gasteiger partial charge in [-0.15, -0.1) is 0 Å². The molecule has 0 spiro atoms. The highest BCUT2D eigenvalue weighted by molar-refractivity contribution is 5.33. The van der Waals surface area contributed by atoms with Crippen molar-refractivity contribution in [3.63, 3.8) is 0 Å². The van der Waals surface area contributed by atoms with Crippen molar-refractivity contribution < 1.29 is 4.74 Å². The lowest BCUT2D eigenvalue weighted by Crippen LogP contribution is -2.42.